The zero-order valence-corrected chi connectivity index (χ0v) is 30.4. The van der Waals surface area contributed by atoms with Crippen LogP contribution in [0.5, 0.6) is 5.75 Å². The van der Waals surface area contributed by atoms with Crippen LogP contribution >= 0.6 is 11.8 Å². The van der Waals surface area contributed by atoms with E-state index in [9.17, 15) is 9.90 Å². The van der Waals surface area contributed by atoms with Crippen molar-refractivity contribution in [2.75, 3.05) is 0 Å². The van der Waals surface area contributed by atoms with Crippen molar-refractivity contribution < 1.29 is 44.2 Å². The molecule has 0 bridgehead atoms. The van der Waals surface area contributed by atoms with Gasteiger partial charge in [0.1, 0.15) is 12.4 Å². The molecule has 0 radical (unpaired) electrons. The molecule has 0 aliphatic rings. The predicted molar refractivity (Wildman–Crippen MR) is 177 cm³/mol. The van der Waals surface area contributed by atoms with E-state index in [1.54, 1.807) is 25.6 Å². The number of ether oxygens (including phenoxy) is 1. The zero-order valence-electron chi connectivity index (χ0n) is 27.6. The fourth-order valence-corrected chi connectivity index (χ4v) is 6.24. The molecule has 0 amide bonds. The molecule has 0 aliphatic carbocycles. The summed E-state index contributed by atoms with van der Waals surface area (Å²) in [6.45, 7) is 15.0. The van der Waals surface area contributed by atoms with Crippen molar-refractivity contribution in [3.63, 3.8) is 0 Å². The Kier molecular flexibility index (Phi) is 10.9. The number of aliphatic carboxylic acids is 1. The maximum atomic E-state index is 12.2. The van der Waals surface area contributed by atoms with Gasteiger partial charge < -0.3 is 19.2 Å². The van der Waals surface area contributed by atoms with Crippen LogP contribution in [0.3, 0.4) is 0 Å². The van der Waals surface area contributed by atoms with E-state index < -0.39 is 11.4 Å². The van der Waals surface area contributed by atoms with Crippen LogP contribution in [-0.2, 0) is 24.4 Å². The number of benzene rings is 2. The Morgan fingerprint density at radius 3 is 2.13 bits per heavy atom. The molecule has 0 atom stereocenters. The number of thioether (sulfide) groups is 1. The van der Waals surface area contributed by atoms with Gasteiger partial charge in [0.15, 0.2) is 0 Å². The van der Waals surface area contributed by atoms with Crippen molar-refractivity contribution in [1.29, 1.82) is 0 Å². The number of carboxylic acids is 1. The summed E-state index contributed by atoms with van der Waals surface area (Å²) in [5.74, 6) is -0.320. The largest absolute Gasteiger partial charge is 1.00 e. The van der Waals surface area contributed by atoms with E-state index in [1.165, 1.54) is 0 Å². The normalized spacial score (nSPS) is 11.8. The van der Waals surface area contributed by atoms with Crippen LogP contribution in [0.1, 0.15) is 62.7 Å². The van der Waals surface area contributed by atoms with E-state index in [0.29, 0.717) is 19.6 Å². The van der Waals surface area contributed by atoms with Crippen LogP contribution in [0.15, 0.2) is 84.0 Å². The second-order valence-electron chi connectivity index (χ2n) is 13.1. The Bertz CT molecular complexity index is 1770. The SMILES string of the molecule is Cc1ccc(COc2ccc3c(c2)c(SC(C)(C)C)c(CC(C)(C)C(=O)[O-])n3Cc2ccc(-c3ccc(C)cn3)cc2)nc1.[Na+]. The van der Waals surface area contributed by atoms with Crippen LogP contribution in [0.4, 0.5) is 0 Å². The zero-order chi connectivity index (χ0) is 31.6. The van der Waals surface area contributed by atoms with Crippen molar-refractivity contribution >= 4 is 28.6 Å². The fourth-order valence-electron chi connectivity index (χ4n) is 5.06. The molecule has 0 fully saturated rings. The molecule has 5 aromatic rings. The fraction of sp³-hybridized carbons (Fsp3) is 0.324. The van der Waals surface area contributed by atoms with E-state index >= 15 is 0 Å². The first-order valence-electron chi connectivity index (χ1n) is 14.9. The number of aryl methyl sites for hydroxylation is 2. The second-order valence-corrected chi connectivity index (χ2v) is 15.0. The maximum Gasteiger partial charge on any atom is 1.00 e. The summed E-state index contributed by atoms with van der Waals surface area (Å²) in [5, 5.41) is 13.3. The molecule has 6 nitrogen and oxygen atoms in total. The smallest absolute Gasteiger partial charge is 0.550 e. The third-order valence-electron chi connectivity index (χ3n) is 7.52. The summed E-state index contributed by atoms with van der Waals surface area (Å²) < 4.78 is 8.36. The molecule has 0 aliphatic heterocycles. The number of hydrogen-bond donors (Lipinski definition) is 0. The maximum absolute atomic E-state index is 12.2. The monoisotopic (exact) mass is 629 g/mol. The molecule has 2 aromatic carbocycles. The topological polar surface area (TPSA) is 80.1 Å². The number of carbonyl (C=O) groups is 1. The summed E-state index contributed by atoms with van der Waals surface area (Å²) in [6.07, 6.45) is 4.05. The Hall–Kier alpha value is -3.10. The van der Waals surface area contributed by atoms with E-state index in [2.05, 4.69) is 77.8 Å². The van der Waals surface area contributed by atoms with Gasteiger partial charge in [-0.1, -0.05) is 71.0 Å². The molecule has 8 heteroatoms. The summed E-state index contributed by atoms with van der Waals surface area (Å²) in [4.78, 5) is 22.4. The van der Waals surface area contributed by atoms with Crippen LogP contribution in [0.2, 0.25) is 0 Å². The minimum atomic E-state index is -1.06. The number of aromatic nitrogens is 3. The number of fused-ring (bicyclic) bond motifs is 1. The number of nitrogens with zero attached hydrogens (tertiary/aromatic N) is 3. The van der Waals surface area contributed by atoms with E-state index in [4.69, 9.17) is 4.74 Å². The van der Waals surface area contributed by atoms with Gasteiger partial charge in [0, 0.05) is 62.1 Å². The van der Waals surface area contributed by atoms with E-state index in [0.717, 1.165) is 60.9 Å². The van der Waals surface area contributed by atoms with Gasteiger partial charge in [0.25, 0.3) is 0 Å². The third kappa shape index (κ3) is 8.59. The Labute approximate surface area is 292 Å². The summed E-state index contributed by atoms with van der Waals surface area (Å²) in [6, 6.07) is 22.7. The quantitative estimate of drug-likeness (QED) is 0.167. The van der Waals surface area contributed by atoms with Gasteiger partial charge >= 0.3 is 29.6 Å². The van der Waals surface area contributed by atoms with Gasteiger partial charge in [-0.15, -0.1) is 11.8 Å². The van der Waals surface area contributed by atoms with Gasteiger partial charge in [-0.3, -0.25) is 9.97 Å². The third-order valence-corrected chi connectivity index (χ3v) is 8.79. The van der Waals surface area contributed by atoms with Crippen molar-refractivity contribution in [1.82, 2.24) is 14.5 Å². The van der Waals surface area contributed by atoms with E-state index in [-0.39, 0.29) is 34.3 Å². The van der Waals surface area contributed by atoms with Gasteiger partial charge in [0.05, 0.1) is 11.4 Å². The second kappa shape index (κ2) is 14.1. The summed E-state index contributed by atoms with van der Waals surface area (Å²) in [7, 11) is 0. The van der Waals surface area contributed by atoms with Crippen LogP contribution in [-0.4, -0.2) is 25.3 Å². The molecule has 0 N–H and O–H groups in total. The number of carboxylic acid groups (broad SMARTS) is 1. The van der Waals surface area contributed by atoms with Gasteiger partial charge in [-0.2, -0.15) is 0 Å². The number of pyridine rings is 2. The standard InChI is InChI=1S/C37H41N3O3S.Na/c1-24-8-14-28(38-20-24)23-43-29-15-17-32-30(18-29)34(44-36(3,4)5)33(19-37(6,7)35(41)42)40(32)22-26-10-12-27(13-11-26)31-16-9-25(2)21-39-31;/h8-18,20-21H,19,22-23H2,1-7H3,(H,41,42);/q;+1/p-1. The number of rotatable bonds is 10. The average Bonchev–Trinajstić information content (AvgIpc) is 3.23. The Balaban J connectivity index is 0.00000461. The molecule has 5 rings (SSSR count). The molecule has 0 saturated carbocycles. The minimum absolute atomic E-state index is 0. The predicted octanol–water partition coefficient (Wildman–Crippen LogP) is 4.56. The first kappa shape index (κ1) is 34.8. The molecule has 0 saturated heterocycles. The molecule has 0 spiro atoms. The number of carbonyl (C=O) groups excluding carboxylic acids is 1. The van der Waals surface area contributed by atoms with Crippen molar-refractivity contribution in [3.05, 3.63) is 107 Å². The molecule has 3 heterocycles. The summed E-state index contributed by atoms with van der Waals surface area (Å²) in [5.41, 5.74) is 7.15. The Morgan fingerprint density at radius 1 is 0.889 bits per heavy atom. The van der Waals surface area contributed by atoms with Gasteiger partial charge in [-0.25, -0.2) is 0 Å². The van der Waals surface area contributed by atoms with E-state index in [1.807, 2.05) is 50.5 Å². The van der Waals surface area contributed by atoms with Crippen molar-refractivity contribution in [2.45, 2.75) is 77.7 Å². The van der Waals surface area contributed by atoms with Crippen LogP contribution < -0.4 is 39.4 Å². The molecule has 0 unspecified atom stereocenters. The average molecular weight is 630 g/mol. The van der Waals surface area contributed by atoms with Crippen molar-refractivity contribution in [3.8, 4) is 17.0 Å². The molecular weight excluding hydrogens is 589 g/mol. The van der Waals surface area contributed by atoms with Crippen LogP contribution in [0, 0.1) is 19.3 Å². The van der Waals surface area contributed by atoms with Gasteiger partial charge in [-0.05, 0) is 67.3 Å². The first-order chi connectivity index (χ1) is 20.8. The van der Waals surface area contributed by atoms with Gasteiger partial charge in [0.2, 0.25) is 0 Å². The Morgan fingerprint density at radius 2 is 1.56 bits per heavy atom. The van der Waals surface area contributed by atoms with Crippen LogP contribution in [0.25, 0.3) is 22.2 Å². The molecule has 45 heavy (non-hydrogen) atoms. The minimum Gasteiger partial charge on any atom is -0.550 e. The first-order valence-corrected chi connectivity index (χ1v) is 15.7. The number of hydrogen-bond acceptors (Lipinski definition) is 6. The molecular formula is C37H40N3NaO3S. The van der Waals surface area contributed by atoms with Crippen molar-refractivity contribution in [2.24, 2.45) is 5.41 Å². The molecule has 3 aromatic heterocycles. The molecule has 228 valence electrons. The summed E-state index contributed by atoms with van der Waals surface area (Å²) >= 11 is 1.76.